The molecule has 1 atom stereocenters. The Bertz CT molecular complexity index is 534. The zero-order valence-corrected chi connectivity index (χ0v) is 12.3. The molecule has 0 aromatic carbocycles. The van der Waals surface area contributed by atoms with Crippen LogP contribution in [0.2, 0.25) is 0 Å². The van der Waals surface area contributed by atoms with Crippen molar-refractivity contribution < 1.29 is 14.0 Å². The quantitative estimate of drug-likeness (QED) is 0.892. The largest absolute Gasteiger partial charge is 0.455 e. The zero-order valence-electron chi connectivity index (χ0n) is 12.3. The van der Waals surface area contributed by atoms with Crippen LogP contribution in [-0.2, 0) is 11.3 Å². The van der Waals surface area contributed by atoms with Crippen LogP contribution in [0.1, 0.15) is 35.6 Å². The number of hydrogen-bond donors (Lipinski definition) is 1. The fourth-order valence-electron chi connectivity index (χ4n) is 2.93. The van der Waals surface area contributed by atoms with Gasteiger partial charge in [0.25, 0.3) is 5.91 Å². The molecular weight excluding hydrogens is 270 g/mol. The molecule has 0 radical (unpaired) electrons. The van der Waals surface area contributed by atoms with Crippen LogP contribution >= 0.6 is 0 Å². The average Bonchev–Trinajstić information content (AvgIpc) is 3.18. The maximum atomic E-state index is 12.1. The molecule has 2 fully saturated rings. The molecule has 1 aromatic heterocycles. The van der Waals surface area contributed by atoms with Gasteiger partial charge >= 0.3 is 0 Å². The molecule has 1 aromatic rings. The predicted octanol–water partition coefficient (Wildman–Crippen LogP) is 0.836. The number of rotatable bonds is 4. The number of nitrogens with one attached hydrogen (secondary N) is 1. The molecule has 2 amide bonds. The van der Waals surface area contributed by atoms with Crippen molar-refractivity contribution in [2.75, 3.05) is 26.7 Å². The van der Waals surface area contributed by atoms with Gasteiger partial charge in [-0.05, 0) is 44.5 Å². The lowest BCUT2D eigenvalue weighted by Crippen LogP contribution is -2.40. The Labute approximate surface area is 124 Å². The van der Waals surface area contributed by atoms with Crippen LogP contribution in [0.25, 0.3) is 0 Å². The van der Waals surface area contributed by atoms with Gasteiger partial charge in [0, 0.05) is 13.6 Å². The first-order chi connectivity index (χ1) is 10.1. The van der Waals surface area contributed by atoms with E-state index in [1.54, 1.807) is 18.0 Å². The molecule has 6 heteroatoms. The molecule has 2 aliphatic rings. The van der Waals surface area contributed by atoms with E-state index in [1.807, 2.05) is 6.07 Å². The van der Waals surface area contributed by atoms with Gasteiger partial charge in [-0.3, -0.25) is 14.5 Å². The van der Waals surface area contributed by atoms with E-state index in [-0.39, 0.29) is 17.6 Å². The lowest BCUT2D eigenvalue weighted by atomic mass is 10.2. The number of hydrogen-bond acceptors (Lipinski definition) is 4. The molecule has 2 aliphatic heterocycles. The standard InChI is InChI=1S/C15H21N3O3/c1-17-9-6-12(15(17)20)16-14(19)13-5-4-11(21-13)10-18-7-2-3-8-18/h4-5,12H,2-3,6-10H2,1H3,(H,16,19)/t12-/m1/s1. The van der Waals surface area contributed by atoms with Crippen LogP contribution in [0, 0.1) is 0 Å². The number of nitrogens with zero attached hydrogens (tertiary/aromatic N) is 2. The summed E-state index contributed by atoms with van der Waals surface area (Å²) >= 11 is 0. The monoisotopic (exact) mass is 291 g/mol. The van der Waals surface area contributed by atoms with Gasteiger partial charge in [-0.25, -0.2) is 0 Å². The number of carbonyl (C=O) groups is 2. The summed E-state index contributed by atoms with van der Waals surface area (Å²) in [5.41, 5.74) is 0. The Kier molecular flexibility index (Phi) is 3.96. The topological polar surface area (TPSA) is 65.8 Å². The van der Waals surface area contributed by atoms with Gasteiger partial charge in [-0.2, -0.15) is 0 Å². The summed E-state index contributed by atoms with van der Waals surface area (Å²) in [4.78, 5) is 27.8. The van der Waals surface area contributed by atoms with Gasteiger partial charge in [0.2, 0.25) is 5.91 Å². The van der Waals surface area contributed by atoms with E-state index >= 15 is 0 Å². The Morgan fingerprint density at radius 2 is 2.10 bits per heavy atom. The maximum Gasteiger partial charge on any atom is 0.287 e. The first-order valence-corrected chi connectivity index (χ1v) is 7.50. The van der Waals surface area contributed by atoms with E-state index in [9.17, 15) is 9.59 Å². The molecule has 6 nitrogen and oxygen atoms in total. The molecule has 0 spiro atoms. The van der Waals surface area contributed by atoms with Crippen LogP contribution in [0.5, 0.6) is 0 Å². The second-order valence-corrected chi connectivity index (χ2v) is 5.82. The fraction of sp³-hybridized carbons (Fsp3) is 0.600. The van der Waals surface area contributed by atoms with Gasteiger partial charge in [-0.1, -0.05) is 0 Å². The van der Waals surface area contributed by atoms with Crippen molar-refractivity contribution in [2.45, 2.75) is 31.8 Å². The van der Waals surface area contributed by atoms with E-state index < -0.39 is 6.04 Å². The molecular formula is C15H21N3O3. The van der Waals surface area contributed by atoms with Crippen molar-refractivity contribution >= 4 is 11.8 Å². The van der Waals surface area contributed by atoms with Crippen molar-refractivity contribution in [1.29, 1.82) is 0 Å². The van der Waals surface area contributed by atoms with Crippen LogP contribution < -0.4 is 5.32 Å². The first-order valence-electron chi connectivity index (χ1n) is 7.50. The third kappa shape index (κ3) is 3.10. The van der Waals surface area contributed by atoms with Crippen molar-refractivity contribution in [3.05, 3.63) is 23.7 Å². The highest BCUT2D eigenvalue weighted by Crippen LogP contribution is 2.16. The molecule has 21 heavy (non-hydrogen) atoms. The van der Waals surface area contributed by atoms with Gasteiger partial charge in [0.1, 0.15) is 11.8 Å². The lowest BCUT2D eigenvalue weighted by molar-refractivity contribution is -0.128. The Balaban J connectivity index is 1.57. The Morgan fingerprint density at radius 3 is 2.76 bits per heavy atom. The minimum Gasteiger partial charge on any atom is -0.455 e. The minimum absolute atomic E-state index is 0.0350. The Hall–Kier alpha value is -1.82. The third-order valence-corrected chi connectivity index (χ3v) is 4.20. The number of furan rings is 1. The van der Waals surface area contributed by atoms with Crippen molar-refractivity contribution in [1.82, 2.24) is 15.1 Å². The van der Waals surface area contributed by atoms with Crippen molar-refractivity contribution in [3.8, 4) is 0 Å². The summed E-state index contributed by atoms with van der Waals surface area (Å²) in [6.45, 7) is 3.61. The van der Waals surface area contributed by atoms with Gasteiger partial charge in [0.15, 0.2) is 5.76 Å². The number of likely N-dealkylation sites (N-methyl/N-ethyl adjacent to an activating group) is 1. The fourth-order valence-corrected chi connectivity index (χ4v) is 2.93. The lowest BCUT2D eigenvalue weighted by Gasteiger charge is -2.12. The summed E-state index contributed by atoms with van der Waals surface area (Å²) in [5.74, 6) is 0.743. The molecule has 0 aliphatic carbocycles. The van der Waals surface area contributed by atoms with Gasteiger partial charge in [-0.15, -0.1) is 0 Å². The predicted molar refractivity (Wildman–Crippen MR) is 76.7 cm³/mol. The van der Waals surface area contributed by atoms with Crippen LogP contribution in [0.3, 0.4) is 0 Å². The maximum absolute atomic E-state index is 12.1. The summed E-state index contributed by atoms with van der Waals surface area (Å²) in [6.07, 6.45) is 3.11. The number of carbonyl (C=O) groups excluding carboxylic acids is 2. The molecule has 0 saturated carbocycles. The number of likely N-dealkylation sites (tertiary alicyclic amines) is 2. The minimum atomic E-state index is -0.422. The second-order valence-electron chi connectivity index (χ2n) is 5.82. The van der Waals surface area contributed by atoms with Gasteiger partial charge < -0.3 is 14.6 Å². The van der Waals surface area contributed by atoms with Crippen LogP contribution in [0.15, 0.2) is 16.5 Å². The normalized spacial score (nSPS) is 23.0. The van der Waals surface area contributed by atoms with Crippen molar-refractivity contribution in [2.24, 2.45) is 0 Å². The molecule has 2 saturated heterocycles. The van der Waals surface area contributed by atoms with Crippen molar-refractivity contribution in [3.63, 3.8) is 0 Å². The van der Waals surface area contributed by atoms with Gasteiger partial charge in [0.05, 0.1) is 6.54 Å². The van der Waals surface area contributed by atoms with E-state index in [0.717, 1.165) is 25.4 Å². The summed E-state index contributed by atoms with van der Waals surface area (Å²) in [7, 11) is 1.75. The molecule has 0 bridgehead atoms. The molecule has 114 valence electrons. The highest BCUT2D eigenvalue weighted by Gasteiger charge is 2.31. The van der Waals surface area contributed by atoms with E-state index in [1.165, 1.54) is 12.8 Å². The summed E-state index contributed by atoms with van der Waals surface area (Å²) in [6, 6.07) is 3.11. The first kappa shape index (κ1) is 14.1. The number of amides is 2. The average molecular weight is 291 g/mol. The van der Waals surface area contributed by atoms with E-state index in [4.69, 9.17) is 4.42 Å². The molecule has 3 rings (SSSR count). The highest BCUT2D eigenvalue weighted by atomic mass is 16.4. The van der Waals surface area contributed by atoms with Crippen LogP contribution in [-0.4, -0.2) is 54.3 Å². The zero-order chi connectivity index (χ0) is 14.8. The summed E-state index contributed by atoms with van der Waals surface area (Å²) < 4.78 is 5.60. The summed E-state index contributed by atoms with van der Waals surface area (Å²) in [5, 5.41) is 2.74. The van der Waals surface area contributed by atoms with Crippen LogP contribution in [0.4, 0.5) is 0 Å². The molecule has 3 heterocycles. The smallest absolute Gasteiger partial charge is 0.287 e. The Morgan fingerprint density at radius 1 is 1.33 bits per heavy atom. The second kappa shape index (κ2) is 5.89. The van der Waals surface area contributed by atoms with E-state index in [2.05, 4.69) is 10.2 Å². The SMILES string of the molecule is CN1CC[C@@H](NC(=O)c2ccc(CN3CCCC3)o2)C1=O. The molecule has 1 N–H and O–H groups in total. The van der Waals surface area contributed by atoms with E-state index in [0.29, 0.717) is 13.0 Å². The third-order valence-electron chi connectivity index (χ3n) is 4.20. The molecule has 0 unspecified atom stereocenters. The highest BCUT2D eigenvalue weighted by molar-refractivity contribution is 5.96.